The predicted molar refractivity (Wildman–Crippen MR) is 75.7 cm³/mol. The van der Waals surface area contributed by atoms with E-state index in [1.807, 2.05) is 31.4 Å². The Balaban J connectivity index is 2.56. The first-order valence-corrected chi connectivity index (χ1v) is 6.51. The number of rotatable bonds is 4. The van der Waals surface area contributed by atoms with Crippen molar-refractivity contribution < 1.29 is 4.74 Å². The molecule has 0 aliphatic rings. The first-order chi connectivity index (χ1) is 8.65. The van der Waals surface area contributed by atoms with Gasteiger partial charge in [0.25, 0.3) is 0 Å². The van der Waals surface area contributed by atoms with Gasteiger partial charge >= 0.3 is 0 Å². The molecule has 0 aliphatic carbocycles. The minimum absolute atomic E-state index is 0.606. The van der Waals surface area contributed by atoms with Crippen molar-refractivity contribution in [3.05, 3.63) is 34.4 Å². The van der Waals surface area contributed by atoms with E-state index >= 15 is 0 Å². The Kier molecular flexibility index (Phi) is 4.04. The summed E-state index contributed by atoms with van der Waals surface area (Å²) in [5.74, 6) is 0.815. The normalized spacial score (nSPS) is 10.7. The number of ether oxygens (including phenoxy) is 1. The summed E-state index contributed by atoms with van der Waals surface area (Å²) < 4.78 is 8.20. The molecular weight excluding hydrogens is 294 g/mol. The molecule has 0 radical (unpaired) electrons. The van der Waals surface area contributed by atoms with Crippen LogP contribution in [0.3, 0.4) is 0 Å². The molecule has 0 fully saturated rings. The molecule has 0 saturated heterocycles. The second-order valence-corrected chi connectivity index (χ2v) is 4.98. The molecule has 18 heavy (non-hydrogen) atoms. The minimum atomic E-state index is 0.606. The van der Waals surface area contributed by atoms with Gasteiger partial charge in [-0.15, -0.1) is 0 Å². The van der Waals surface area contributed by atoms with Gasteiger partial charge in [-0.25, -0.2) is 0 Å². The first kappa shape index (κ1) is 13.1. The van der Waals surface area contributed by atoms with Crippen molar-refractivity contribution in [3.8, 4) is 17.0 Å². The fourth-order valence-corrected chi connectivity index (χ4v) is 2.33. The van der Waals surface area contributed by atoms with E-state index in [0.717, 1.165) is 33.5 Å². The molecule has 0 amide bonds. The Hall–Kier alpha value is -1.33. The maximum atomic E-state index is 5.64. The number of halogens is 1. The quantitative estimate of drug-likeness (QED) is 0.943. The largest absolute Gasteiger partial charge is 0.496 e. The molecule has 0 aliphatic heterocycles. The van der Waals surface area contributed by atoms with Crippen molar-refractivity contribution in [3.63, 3.8) is 0 Å². The van der Waals surface area contributed by atoms with E-state index in [-0.39, 0.29) is 0 Å². The van der Waals surface area contributed by atoms with Crippen LogP contribution < -0.4 is 10.5 Å². The lowest BCUT2D eigenvalue weighted by Crippen LogP contribution is -2.03. The molecule has 0 atom stereocenters. The van der Waals surface area contributed by atoms with E-state index in [0.29, 0.717) is 6.54 Å². The molecule has 2 rings (SSSR count). The van der Waals surface area contributed by atoms with Gasteiger partial charge in [-0.1, -0.05) is 15.9 Å². The monoisotopic (exact) mass is 309 g/mol. The highest BCUT2D eigenvalue weighted by Gasteiger charge is 2.14. The van der Waals surface area contributed by atoms with Crippen LogP contribution in [-0.4, -0.2) is 23.4 Å². The molecule has 96 valence electrons. The third kappa shape index (κ3) is 2.57. The Morgan fingerprint density at radius 1 is 1.44 bits per heavy atom. The molecule has 1 aromatic heterocycles. The number of hydrogen-bond acceptors (Lipinski definition) is 3. The Morgan fingerprint density at radius 2 is 2.22 bits per heavy atom. The van der Waals surface area contributed by atoms with Crippen LogP contribution in [0.4, 0.5) is 0 Å². The van der Waals surface area contributed by atoms with Crippen molar-refractivity contribution in [1.82, 2.24) is 9.78 Å². The van der Waals surface area contributed by atoms with E-state index in [4.69, 9.17) is 10.5 Å². The summed E-state index contributed by atoms with van der Waals surface area (Å²) in [6, 6.07) is 5.90. The van der Waals surface area contributed by atoms with Gasteiger partial charge in [0.1, 0.15) is 5.75 Å². The molecule has 2 N–H and O–H groups in total. The molecule has 1 aromatic carbocycles. The van der Waals surface area contributed by atoms with E-state index in [9.17, 15) is 0 Å². The summed E-state index contributed by atoms with van der Waals surface area (Å²) in [4.78, 5) is 0. The van der Waals surface area contributed by atoms with Crippen LogP contribution in [0.25, 0.3) is 11.3 Å². The van der Waals surface area contributed by atoms with Crippen molar-refractivity contribution in [1.29, 1.82) is 0 Å². The van der Waals surface area contributed by atoms with Crippen LogP contribution in [0.5, 0.6) is 5.75 Å². The SMILES string of the molecule is COc1ccc(Br)cc1-c1nn(C)cc1CCN. The number of aryl methyl sites for hydroxylation is 1. The standard InChI is InChI=1S/C13H16BrN3O/c1-17-8-9(5-6-15)13(16-17)11-7-10(14)3-4-12(11)18-2/h3-4,7-8H,5-6,15H2,1-2H3. The van der Waals surface area contributed by atoms with E-state index in [2.05, 4.69) is 21.0 Å². The Bertz CT molecular complexity index is 551. The molecule has 0 unspecified atom stereocenters. The van der Waals surface area contributed by atoms with Gasteiger partial charge in [-0.05, 0) is 36.7 Å². The third-order valence-corrected chi connectivity index (χ3v) is 3.23. The molecule has 2 aromatic rings. The summed E-state index contributed by atoms with van der Waals surface area (Å²) in [5.41, 5.74) is 8.69. The second kappa shape index (κ2) is 5.54. The van der Waals surface area contributed by atoms with Gasteiger partial charge in [0, 0.05) is 23.3 Å². The van der Waals surface area contributed by atoms with Gasteiger partial charge in [-0.2, -0.15) is 5.10 Å². The topological polar surface area (TPSA) is 53.1 Å². The highest BCUT2D eigenvalue weighted by Crippen LogP contribution is 2.33. The first-order valence-electron chi connectivity index (χ1n) is 5.72. The number of nitrogens with two attached hydrogens (primary N) is 1. The second-order valence-electron chi connectivity index (χ2n) is 4.06. The molecule has 0 spiro atoms. The summed E-state index contributed by atoms with van der Waals surface area (Å²) >= 11 is 3.48. The zero-order valence-electron chi connectivity index (χ0n) is 10.5. The summed E-state index contributed by atoms with van der Waals surface area (Å²) in [6.07, 6.45) is 2.81. The lowest BCUT2D eigenvalue weighted by atomic mass is 10.1. The highest BCUT2D eigenvalue weighted by atomic mass is 79.9. The van der Waals surface area contributed by atoms with Crippen molar-refractivity contribution >= 4 is 15.9 Å². The molecule has 0 bridgehead atoms. The Labute approximate surface area is 115 Å². The van der Waals surface area contributed by atoms with Crippen LogP contribution in [0.15, 0.2) is 28.9 Å². The predicted octanol–water partition coefficient (Wildman–Crippen LogP) is 2.36. The fourth-order valence-electron chi connectivity index (χ4n) is 1.97. The van der Waals surface area contributed by atoms with Crippen LogP contribution in [-0.2, 0) is 13.5 Å². The summed E-state index contributed by atoms with van der Waals surface area (Å²) in [6.45, 7) is 0.606. The van der Waals surface area contributed by atoms with Crippen molar-refractivity contribution in [2.75, 3.05) is 13.7 Å². The number of hydrogen-bond donors (Lipinski definition) is 1. The smallest absolute Gasteiger partial charge is 0.128 e. The highest BCUT2D eigenvalue weighted by molar-refractivity contribution is 9.10. The van der Waals surface area contributed by atoms with Crippen molar-refractivity contribution in [2.24, 2.45) is 12.8 Å². The lowest BCUT2D eigenvalue weighted by molar-refractivity contribution is 0.416. The average Bonchev–Trinajstić information content (AvgIpc) is 2.71. The summed E-state index contributed by atoms with van der Waals surface area (Å²) in [5, 5.41) is 4.51. The number of nitrogens with zero attached hydrogens (tertiary/aromatic N) is 2. The molecule has 1 heterocycles. The van der Waals surface area contributed by atoms with Crippen LogP contribution in [0.2, 0.25) is 0 Å². The maximum Gasteiger partial charge on any atom is 0.128 e. The van der Waals surface area contributed by atoms with Gasteiger partial charge in [0.2, 0.25) is 0 Å². The van der Waals surface area contributed by atoms with Crippen LogP contribution >= 0.6 is 15.9 Å². The lowest BCUT2D eigenvalue weighted by Gasteiger charge is -2.08. The zero-order chi connectivity index (χ0) is 13.1. The van der Waals surface area contributed by atoms with E-state index < -0.39 is 0 Å². The molecule has 5 heteroatoms. The maximum absolute atomic E-state index is 5.64. The van der Waals surface area contributed by atoms with Gasteiger partial charge in [0.05, 0.1) is 12.8 Å². The zero-order valence-corrected chi connectivity index (χ0v) is 12.1. The molecule has 4 nitrogen and oxygen atoms in total. The van der Waals surface area contributed by atoms with E-state index in [1.54, 1.807) is 11.8 Å². The van der Waals surface area contributed by atoms with Crippen LogP contribution in [0, 0.1) is 0 Å². The van der Waals surface area contributed by atoms with Gasteiger partial charge in [-0.3, -0.25) is 4.68 Å². The fraction of sp³-hybridized carbons (Fsp3) is 0.308. The third-order valence-electron chi connectivity index (χ3n) is 2.73. The van der Waals surface area contributed by atoms with Crippen molar-refractivity contribution in [2.45, 2.75) is 6.42 Å². The van der Waals surface area contributed by atoms with Crippen LogP contribution in [0.1, 0.15) is 5.56 Å². The number of benzene rings is 1. The number of methoxy groups -OCH3 is 1. The minimum Gasteiger partial charge on any atom is -0.496 e. The van der Waals surface area contributed by atoms with Gasteiger partial charge in [0.15, 0.2) is 0 Å². The average molecular weight is 310 g/mol. The van der Waals surface area contributed by atoms with Gasteiger partial charge < -0.3 is 10.5 Å². The number of aromatic nitrogens is 2. The molecular formula is C13H16BrN3O. The Morgan fingerprint density at radius 3 is 2.89 bits per heavy atom. The summed E-state index contributed by atoms with van der Waals surface area (Å²) in [7, 11) is 3.58. The van der Waals surface area contributed by atoms with E-state index in [1.165, 1.54) is 0 Å². The molecule has 0 saturated carbocycles.